The molecule has 0 unspecified atom stereocenters. The molecule has 0 aliphatic carbocycles. The number of rotatable bonds is 17. The highest BCUT2D eigenvalue weighted by molar-refractivity contribution is 7.49. The van der Waals surface area contributed by atoms with E-state index in [1.165, 1.54) is 57.8 Å². The van der Waals surface area contributed by atoms with Gasteiger partial charge in [0.05, 0.1) is 6.61 Å². The second kappa shape index (κ2) is 15.9. The fourth-order valence-electron chi connectivity index (χ4n) is 2.56. The number of hydrogen-bond donors (Lipinski definition) is 2. The summed E-state index contributed by atoms with van der Waals surface area (Å²) < 4.78 is 24.2. The van der Waals surface area contributed by atoms with Gasteiger partial charge in [-0.05, 0) is 6.42 Å². The van der Waals surface area contributed by atoms with Crippen molar-refractivity contribution in [2.45, 2.75) is 90.4 Å². The molecule has 0 atom stereocenters. The second-order valence-electron chi connectivity index (χ2n) is 6.24. The molecule has 0 aliphatic heterocycles. The first kappa shape index (κ1) is 24.7. The number of unbranched alkanes of at least 4 members (excludes halogenated alkanes) is 12. The molecule has 0 spiro atoms. The molecule has 9 heteroatoms. The largest absolute Gasteiger partial charge is 0.596 e. The smallest absolute Gasteiger partial charge is 0.449 e. The maximum Gasteiger partial charge on any atom is 0.596 e. The molecule has 26 heavy (non-hydrogen) atoms. The van der Waals surface area contributed by atoms with Crippen molar-refractivity contribution in [3.8, 4) is 0 Å². The van der Waals surface area contributed by atoms with Crippen LogP contribution in [0.4, 0.5) is 9.59 Å². The van der Waals surface area contributed by atoms with Gasteiger partial charge in [-0.15, -0.1) is 0 Å². The predicted molar refractivity (Wildman–Crippen MR) is 97.5 cm³/mol. The number of hydrogen-bond acceptors (Lipinski definition) is 6. The van der Waals surface area contributed by atoms with Crippen LogP contribution in [-0.2, 0) is 18.1 Å². The number of carboxylic acid groups (broad SMARTS) is 2. The van der Waals surface area contributed by atoms with Crippen LogP contribution in [-0.4, -0.2) is 29.1 Å². The molecule has 0 amide bonds. The predicted octanol–water partition coefficient (Wildman–Crippen LogP) is 6.59. The molecule has 0 aromatic heterocycles. The summed E-state index contributed by atoms with van der Waals surface area (Å²) in [7, 11) is -4.62. The van der Waals surface area contributed by atoms with E-state index in [4.69, 9.17) is 14.7 Å². The Morgan fingerprint density at radius 2 is 1.04 bits per heavy atom. The van der Waals surface area contributed by atoms with Crippen molar-refractivity contribution in [3.05, 3.63) is 0 Å². The molecule has 0 bridgehead atoms. The van der Waals surface area contributed by atoms with Gasteiger partial charge in [-0.1, -0.05) is 84.0 Å². The summed E-state index contributed by atoms with van der Waals surface area (Å²) in [5, 5.41) is 16.9. The van der Waals surface area contributed by atoms with Crippen LogP contribution in [0, 0.1) is 0 Å². The highest BCUT2D eigenvalue weighted by atomic mass is 31.2. The fourth-order valence-corrected chi connectivity index (χ4v) is 3.44. The minimum Gasteiger partial charge on any atom is -0.449 e. The van der Waals surface area contributed by atoms with Crippen molar-refractivity contribution in [1.82, 2.24) is 0 Å². The molecule has 8 nitrogen and oxygen atoms in total. The third-order valence-electron chi connectivity index (χ3n) is 3.88. The summed E-state index contributed by atoms with van der Waals surface area (Å²) in [5.74, 6) is 0. The van der Waals surface area contributed by atoms with Crippen molar-refractivity contribution >= 4 is 20.1 Å². The van der Waals surface area contributed by atoms with E-state index in [0.717, 1.165) is 19.3 Å². The molecule has 0 aliphatic rings. The van der Waals surface area contributed by atoms with Gasteiger partial charge in [0, 0.05) is 0 Å². The average Bonchev–Trinajstić information content (AvgIpc) is 2.53. The molecule has 0 fully saturated rings. The Labute approximate surface area is 155 Å². The van der Waals surface area contributed by atoms with E-state index in [9.17, 15) is 14.2 Å². The van der Waals surface area contributed by atoms with Crippen LogP contribution < -0.4 is 0 Å². The monoisotopic (exact) mass is 396 g/mol. The Hall–Kier alpha value is -1.27. The Morgan fingerprint density at radius 1 is 0.692 bits per heavy atom. The first-order chi connectivity index (χ1) is 12.4. The van der Waals surface area contributed by atoms with E-state index in [1.54, 1.807) is 0 Å². The number of phosphoric acid groups is 1. The third kappa shape index (κ3) is 16.2. The summed E-state index contributed by atoms with van der Waals surface area (Å²) >= 11 is 0. The van der Waals surface area contributed by atoms with Gasteiger partial charge in [0.2, 0.25) is 0 Å². The summed E-state index contributed by atoms with van der Waals surface area (Å²) in [6.07, 6.45) is 11.2. The van der Waals surface area contributed by atoms with Gasteiger partial charge in [-0.2, -0.15) is 0 Å². The average molecular weight is 396 g/mol. The fraction of sp³-hybridized carbons (Fsp3) is 0.882. The van der Waals surface area contributed by atoms with Gasteiger partial charge < -0.3 is 19.3 Å². The molecule has 154 valence electrons. The van der Waals surface area contributed by atoms with E-state index < -0.39 is 20.1 Å². The van der Waals surface area contributed by atoms with Gasteiger partial charge in [-0.3, -0.25) is 4.52 Å². The van der Waals surface area contributed by atoms with Gasteiger partial charge in [0.25, 0.3) is 0 Å². The lowest BCUT2D eigenvalue weighted by Gasteiger charge is -2.13. The standard InChI is InChI=1S/C17H33O8P/c1-2-3-4-5-6-7-8-9-10-11-12-13-14-15-23-26(22,24-16(18)19)25-17(20)21/h2-15H2,1H3,(H,18,19)(H,20,21). The summed E-state index contributed by atoms with van der Waals surface area (Å²) in [4.78, 5) is 20.8. The summed E-state index contributed by atoms with van der Waals surface area (Å²) in [5.41, 5.74) is 0. The lowest BCUT2D eigenvalue weighted by atomic mass is 10.0. The quantitative estimate of drug-likeness (QED) is 0.209. The number of phosphoric ester groups is 1. The van der Waals surface area contributed by atoms with E-state index in [0.29, 0.717) is 6.42 Å². The van der Waals surface area contributed by atoms with Crippen LogP contribution in [0.2, 0.25) is 0 Å². The Bertz CT molecular complexity index is 407. The Morgan fingerprint density at radius 3 is 1.38 bits per heavy atom. The highest BCUT2D eigenvalue weighted by Gasteiger charge is 2.35. The van der Waals surface area contributed by atoms with E-state index >= 15 is 0 Å². The zero-order valence-corrected chi connectivity index (χ0v) is 16.6. The summed E-state index contributed by atoms with van der Waals surface area (Å²) in [6.45, 7) is 2.13. The maximum absolute atomic E-state index is 11.7. The minimum absolute atomic E-state index is 0.0877. The Kier molecular flexibility index (Phi) is 15.2. The van der Waals surface area contributed by atoms with E-state index in [1.807, 2.05) is 0 Å². The molecular weight excluding hydrogens is 363 g/mol. The molecule has 2 N–H and O–H groups in total. The van der Waals surface area contributed by atoms with Crippen molar-refractivity contribution < 1.29 is 37.9 Å². The zero-order chi connectivity index (χ0) is 19.7. The topological polar surface area (TPSA) is 119 Å². The van der Waals surface area contributed by atoms with Crippen LogP contribution >= 0.6 is 7.82 Å². The second-order valence-corrected chi connectivity index (χ2v) is 7.76. The third-order valence-corrected chi connectivity index (χ3v) is 5.14. The van der Waals surface area contributed by atoms with Crippen molar-refractivity contribution in [2.75, 3.05) is 6.61 Å². The van der Waals surface area contributed by atoms with Crippen LogP contribution in [0.25, 0.3) is 0 Å². The molecule has 0 heterocycles. The van der Waals surface area contributed by atoms with Crippen LogP contribution in [0.1, 0.15) is 90.4 Å². The van der Waals surface area contributed by atoms with Crippen LogP contribution in [0.5, 0.6) is 0 Å². The van der Waals surface area contributed by atoms with Crippen LogP contribution in [0.3, 0.4) is 0 Å². The highest BCUT2D eigenvalue weighted by Crippen LogP contribution is 2.49. The normalized spacial score (nSPS) is 11.3. The zero-order valence-electron chi connectivity index (χ0n) is 15.7. The molecule has 0 aromatic carbocycles. The minimum atomic E-state index is -4.62. The van der Waals surface area contributed by atoms with Crippen molar-refractivity contribution in [1.29, 1.82) is 0 Å². The molecule has 0 radical (unpaired) electrons. The molecule has 0 rings (SSSR count). The van der Waals surface area contributed by atoms with E-state index in [-0.39, 0.29) is 6.61 Å². The first-order valence-corrected chi connectivity index (χ1v) is 11.0. The lowest BCUT2D eigenvalue weighted by Crippen LogP contribution is -2.08. The van der Waals surface area contributed by atoms with Gasteiger partial charge in [0.1, 0.15) is 0 Å². The van der Waals surface area contributed by atoms with Crippen molar-refractivity contribution in [2.24, 2.45) is 0 Å². The van der Waals surface area contributed by atoms with Gasteiger partial charge >= 0.3 is 20.1 Å². The van der Waals surface area contributed by atoms with Crippen molar-refractivity contribution in [3.63, 3.8) is 0 Å². The van der Waals surface area contributed by atoms with Gasteiger partial charge in [0.15, 0.2) is 0 Å². The van der Waals surface area contributed by atoms with Crippen LogP contribution in [0.15, 0.2) is 0 Å². The van der Waals surface area contributed by atoms with E-state index in [2.05, 4.69) is 16.0 Å². The number of carbonyl (C=O) groups is 2. The molecule has 0 saturated carbocycles. The van der Waals surface area contributed by atoms with Gasteiger partial charge in [-0.25, -0.2) is 14.2 Å². The Balaban J connectivity index is 3.55. The molecule has 0 saturated heterocycles. The lowest BCUT2D eigenvalue weighted by molar-refractivity contribution is 0.0879. The first-order valence-electron chi connectivity index (χ1n) is 9.49. The summed E-state index contributed by atoms with van der Waals surface area (Å²) in [6, 6.07) is 0. The SMILES string of the molecule is CCCCCCCCCCCCCCCOP(=O)(OC(=O)O)OC(=O)O. The maximum atomic E-state index is 11.7. The molecule has 0 aromatic rings. The molecular formula is C17H33O8P.